The lowest BCUT2D eigenvalue weighted by atomic mass is 9.98. The van der Waals surface area contributed by atoms with Crippen LogP contribution in [0.4, 0.5) is 0 Å². The fourth-order valence-corrected chi connectivity index (χ4v) is 6.58. The summed E-state index contributed by atoms with van der Waals surface area (Å²) in [6.45, 7) is 3.34. The van der Waals surface area contributed by atoms with Gasteiger partial charge in [0.15, 0.2) is 11.2 Å². The van der Waals surface area contributed by atoms with Gasteiger partial charge in [-0.1, -0.05) is 129 Å². The molecule has 0 unspecified atom stereocenters. The van der Waals surface area contributed by atoms with Crippen LogP contribution < -0.4 is 11.2 Å². The molecule has 0 atom stereocenters. The number of aromatic amines is 1. The SMILES string of the molecule is CCCCCc1nc2c(c(=O)n(CCc3ccccc3)c(=O)n2CCc2ccccc2)n1Cc1ccc(-c2ccccc2-c2nn[nH]n2)cc1. The highest BCUT2D eigenvalue weighted by molar-refractivity contribution is 5.80. The van der Waals surface area contributed by atoms with E-state index in [4.69, 9.17) is 4.98 Å². The average Bonchev–Trinajstić information content (AvgIpc) is 3.82. The lowest BCUT2D eigenvalue weighted by molar-refractivity contribution is 0.564. The Labute approximate surface area is 290 Å². The van der Waals surface area contributed by atoms with Crippen LogP contribution in [0.3, 0.4) is 0 Å². The van der Waals surface area contributed by atoms with E-state index in [2.05, 4.69) is 63.9 Å². The Morgan fingerprint density at radius 3 is 1.92 bits per heavy atom. The van der Waals surface area contributed by atoms with Crippen molar-refractivity contribution in [2.75, 3.05) is 0 Å². The van der Waals surface area contributed by atoms with Crippen LogP contribution in [0.1, 0.15) is 48.7 Å². The molecule has 0 aliphatic heterocycles. The standard InChI is InChI=1S/C40H40N8O2/c1-2-3-6-19-35-41-38-36(48(35)28-31-20-22-32(23-21-31)33-17-11-12-18-34(33)37-42-44-45-43-37)39(49)47(27-25-30-15-9-5-10-16-30)40(50)46(38)26-24-29-13-7-4-8-14-29/h4-5,7-18,20-23H,2-3,6,19,24-28H2,1H3,(H,42,43,44,45). The number of H-pyrrole nitrogens is 1. The number of unbranched alkanes of at least 4 members (excludes halogenated alkanes) is 2. The molecule has 1 N–H and O–H groups in total. The first kappa shape index (κ1) is 32.6. The van der Waals surface area contributed by atoms with Gasteiger partial charge in [-0.2, -0.15) is 5.21 Å². The van der Waals surface area contributed by atoms with Crippen LogP contribution >= 0.6 is 0 Å². The van der Waals surface area contributed by atoms with Gasteiger partial charge in [-0.3, -0.25) is 13.9 Å². The van der Waals surface area contributed by atoms with Crippen molar-refractivity contribution in [1.29, 1.82) is 0 Å². The van der Waals surface area contributed by atoms with Gasteiger partial charge in [0, 0.05) is 31.6 Å². The number of benzene rings is 4. The molecule has 0 spiro atoms. The predicted molar refractivity (Wildman–Crippen MR) is 196 cm³/mol. The van der Waals surface area contributed by atoms with E-state index in [1.165, 1.54) is 4.57 Å². The van der Waals surface area contributed by atoms with Crippen LogP contribution in [0.2, 0.25) is 0 Å². The van der Waals surface area contributed by atoms with Crippen molar-refractivity contribution >= 4 is 11.2 Å². The quantitative estimate of drug-likeness (QED) is 0.133. The van der Waals surface area contributed by atoms with Crippen LogP contribution in [0.25, 0.3) is 33.7 Å². The Hall–Kier alpha value is -5.90. The third kappa shape index (κ3) is 6.96. The Morgan fingerprint density at radius 2 is 1.28 bits per heavy atom. The monoisotopic (exact) mass is 664 g/mol. The van der Waals surface area contributed by atoms with Crippen LogP contribution in [-0.2, 0) is 38.9 Å². The molecule has 0 bridgehead atoms. The number of aromatic nitrogens is 8. The van der Waals surface area contributed by atoms with E-state index in [0.29, 0.717) is 42.9 Å². The smallest absolute Gasteiger partial charge is 0.318 e. The van der Waals surface area contributed by atoms with Crippen LogP contribution in [0, 0.1) is 0 Å². The highest BCUT2D eigenvalue weighted by Crippen LogP contribution is 2.30. The van der Waals surface area contributed by atoms with E-state index in [0.717, 1.165) is 64.9 Å². The molecule has 0 radical (unpaired) electrons. The summed E-state index contributed by atoms with van der Waals surface area (Å²) < 4.78 is 5.17. The van der Waals surface area contributed by atoms with E-state index >= 15 is 0 Å². The summed E-state index contributed by atoms with van der Waals surface area (Å²) in [5.41, 5.74) is 6.45. The minimum Gasteiger partial charge on any atom is -0.318 e. The van der Waals surface area contributed by atoms with Crippen molar-refractivity contribution in [1.82, 2.24) is 39.3 Å². The summed E-state index contributed by atoms with van der Waals surface area (Å²) in [6, 6.07) is 36.4. The second-order valence-corrected chi connectivity index (χ2v) is 12.6. The topological polar surface area (TPSA) is 116 Å². The molecule has 0 fully saturated rings. The number of tetrazole rings is 1. The zero-order valence-corrected chi connectivity index (χ0v) is 28.2. The van der Waals surface area contributed by atoms with E-state index in [9.17, 15) is 9.59 Å². The fourth-order valence-electron chi connectivity index (χ4n) is 6.58. The van der Waals surface area contributed by atoms with Gasteiger partial charge in [-0.05, 0) is 52.3 Å². The Bertz CT molecular complexity index is 2290. The number of aryl methyl sites for hydroxylation is 4. The Balaban J connectivity index is 1.30. The number of nitrogens with one attached hydrogen (secondary N) is 1. The highest BCUT2D eigenvalue weighted by Gasteiger charge is 2.22. The molecule has 7 rings (SSSR count). The maximum atomic E-state index is 14.4. The van der Waals surface area contributed by atoms with E-state index in [1.807, 2.05) is 77.4 Å². The minimum atomic E-state index is -0.316. The molecule has 3 aromatic heterocycles. The summed E-state index contributed by atoms with van der Waals surface area (Å²) >= 11 is 0. The van der Waals surface area contributed by atoms with Gasteiger partial charge >= 0.3 is 5.69 Å². The molecule has 0 amide bonds. The molecule has 3 heterocycles. The van der Waals surface area contributed by atoms with E-state index in [1.54, 1.807) is 4.57 Å². The largest absolute Gasteiger partial charge is 0.332 e. The average molecular weight is 665 g/mol. The van der Waals surface area contributed by atoms with Crippen LogP contribution in [0.15, 0.2) is 119 Å². The first-order valence-corrected chi connectivity index (χ1v) is 17.3. The van der Waals surface area contributed by atoms with Gasteiger partial charge < -0.3 is 4.57 Å². The lowest BCUT2D eigenvalue weighted by Gasteiger charge is -2.14. The maximum Gasteiger partial charge on any atom is 0.332 e. The Kier molecular flexibility index (Phi) is 9.86. The first-order chi connectivity index (χ1) is 24.6. The van der Waals surface area contributed by atoms with E-state index in [-0.39, 0.29) is 17.8 Å². The van der Waals surface area contributed by atoms with E-state index < -0.39 is 0 Å². The highest BCUT2D eigenvalue weighted by atomic mass is 16.2. The van der Waals surface area contributed by atoms with Gasteiger partial charge in [0.1, 0.15) is 5.82 Å². The summed E-state index contributed by atoms with van der Waals surface area (Å²) in [5.74, 6) is 1.36. The van der Waals surface area contributed by atoms with Crippen molar-refractivity contribution < 1.29 is 0 Å². The fraction of sp³-hybridized carbons (Fsp3) is 0.250. The summed E-state index contributed by atoms with van der Waals surface area (Å²) in [6.07, 6.45) is 5.01. The normalized spacial score (nSPS) is 11.4. The number of hydrogen-bond acceptors (Lipinski definition) is 6. The second-order valence-electron chi connectivity index (χ2n) is 12.6. The molecule has 10 heteroatoms. The van der Waals surface area contributed by atoms with Crippen molar-refractivity contribution in [2.45, 2.75) is 65.1 Å². The number of rotatable bonds is 14. The van der Waals surface area contributed by atoms with Gasteiger partial charge in [-0.25, -0.2) is 9.78 Å². The molecule has 4 aromatic carbocycles. The lowest BCUT2D eigenvalue weighted by Crippen LogP contribution is -2.41. The van der Waals surface area contributed by atoms with Crippen LogP contribution in [-0.4, -0.2) is 39.3 Å². The van der Waals surface area contributed by atoms with Gasteiger partial charge in [0.05, 0.1) is 0 Å². The van der Waals surface area contributed by atoms with Gasteiger partial charge in [0.25, 0.3) is 5.56 Å². The first-order valence-electron chi connectivity index (χ1n) is 17.3. The maximum absolute atomic E-state index is 14.4. The van der Waals surface area contributed by atoms with Crippen molar-refractivity contribution in [3.8, 4) is 22.5 Å². The molecule has 252 valence electrons. The molecule has 0 aliphatic carbocycles. The molecule has 0 saturated carbocycles. The van der Waals surface area contributed by atoms with Crippen molar-refractivity contribution in [3.63, 3.8) is 0 Å². The number of imidazole rings is 1. The second kappa shape index (κ2) is 15.1. The number of nitrogens with zero attached hydrogens (tertiary/aromatic N) is 7. The van der Waals surface area contributed by atoms with Crippen molar-refractivity contribution in [2.24, 2.45) is 0 Å². The molecule has 0 saturated heterocycles. The molecule has 7 aromatic rings. The summed E-state index contributed by atoms with van der Waals surface area (Å²) in [4.78, 5) is 33.6. The van der Waals surface area contributed by atoms with Crippen molar-refractivity contribution in [3.05, 3.63) is 153 Å². The van der Waals surface area contributed by atoms with Crippen LogP contribution in [0.5, 0.6) is 0 Å². The molecular weight excluding hydrogens is 624 g/mol. The summed E-state index contributed by atoms with van der Waals surface area (Å²) in [5, 5.41) is 14.6. The van der Waals surface area contributed by atoms with Gasteiger partial charge in [0.2, 0.25) is 5.82 Å². The molecule has 0 aliphatic rings. The third-order valence-electron chi connectivity index (χ3n) is 9.25. The predicted octanol–water partition coefficient (Wildman–Crippen LogP) is 6.47. The molecule has 50 heavy (non-hydrogen) atoms. The molecular formula is C40H40N8O2. The Morgan fingerprint density at radius 1 is 0.640 bits per heavy atom. The number of fused-ring (bicyclic) bond motifs is 1. The zero-order valence-electron chi connectivity index (χ0n) is 28.2. The third-order valence-corrected chi connectivity index (χ3v) is 9.25. The minimum absolute atomic E-state index is 0.286. The number of hydrogen-bond donors (Lipinski definition) is 1. The molecule has 10 nitrogen and oxygen atoms in total. The summed E-state index contributed by atoms with van der Waals surface area (Å²) in [7, 11) is 0. The zero-order chi connectivity index (χ0) is 34.3. The van der Waals surface area contributed by atoms with Gasteiger partial charge in [-0.15, -0.1) is 10.2 Å².